The summed E-state index contributed by atoms with van der Waals surface area (Å²) in [6, 6.07) is 10.8. The SMILES string of the molecule is C=C(C#N)c1ccccc1C#N. The Balaban J connectivity index is 3.27. The van der Waals surface area contributed by atoms with E-state index >= 15 is 0 Å². The van der Waals surface area contributed by atoms with E-state index in [4.69, 9.17) is 10.5 Å². The van der Waals surface area contributed by atoms with E-state index < -0.39 is 0 Å². The molecule has 0 aliphatic rings. The van der Waals surface area contributed by atoms with Crippen LogP contribution in [0.5, 0.6) is 0 Å². The van der Waals surface area contributed by atoms with Crippen molar-refractivity contribution < 1.29 is 0 Å². The van der Waals surface area contributed by atoms with Crippen molar-refractivity contribution in [3.05, 3.63) is 42.0 Å². The molecule has 0 saturated heterocycles. The Morgan fingerprint density at radius 1 is 1.25 bits per heavy atom. The second-order valence-corrected chi connectivity index (χ2v) is 2.25. The summed E-state index contributed by atoms with van der Waals surface area (Å²) in [5.74, 6) is 0. The Morgan fingerprint density at radius 2 is 1.92 bits per heavy atom. The van der Waals surface area contributed by atoms with Gasteiger partial charge in [0, 0.05) is 5.56 Å². The maximum Gasteiger partial charge on any atom is 0.0998 e. The summed E-state index contributed by atoms with van der Waals surface area (Å²) in [5, 5.41) is 17.2. The van der Waals surface area contributed by atoms with Gasteiger partial charge in [-0.2, -0.15) is 10.5 Å². The summed E-state index contributed by atoms with van der Waals surface area (Å²) < 4.78 is 0. The molecular formula is C10H6N2. The van der Waals surface area contributed by atoms with E-state index in [2.05, 4.69) is 6.58 Å². The molecule has 0 spiro atoms. The van der Waals surface area contributed by atoms with Crippen molar-refractivity contribution >= 4 is 5.57 Å². The van der Waals surface area contributed by atoms with Gasteiger partial charge >= 0.3 is 0 Å². The van der Waals surface area contributed by atoms with Crippen molar-refractivity contribution in [2.75, 3.05) is 0 Å². The quantitative estimate of drug-likeness (QED) is 0.581. The lowest BCUT2D eigenvalue weighted by Crippen LogP contribution is -1.84. The number of rotatable bonds is 1. The van der Waals surface area contributed by atoms with Crippen LogP contribution < -0.4 is 0 Å². The summed E-state index contributed by atoms with van der Waals surface area (Å²) >= 11 is 0. The van der Waals surface area contributed by atoms with Crippen LogP contribution in [0.15, 0.2) is 30.8 Å². The Morgan fingerprint density at radius 3 is 2.50 bits per heavy atom. The van der Waals surface area contributed by atoms with Crippen molar-refractivity contribution in [3.8, 4) is 12.1 Å². The molecule has 0 amide bonds. The van der Waals surface area contributed by atoms with Crippen LogP contribution in [0, 0.1) is 22.7 Å². The molecule has 2 nitrogen and oxygen atoms in total. The summed E-state index contributed by atoms with van der Waals surface area (Å²) in [5.41, 5.74) is 1.43. The summed E-state index contributed by atoms with van der Waals surface area (Å²) in [4.78, 5) is 0. The van der Waals surface area contributed by atoms with Gasteiger partial charge in [-0.05, 0) is 6.07 Å². The molecular weight excluding hydrogens is 148 g/mol. The lowest BCUT2D eigenvalue weighted by atomic mass is 10.0. The predicted octanol–water partition coefficient (Wildman–Crippen LogP) is 2.10. The van der Waals surface area contributed by atoms with Gasteiger partial charge in [0.05, 0.1) is 23.3 Å². The number of nitrogens with zero attached hydrogens (tertiary/aromatic N) is 2. The van der Waals surface area contributed by atoms with Crippen LogP contribution in [0.25, 0.3) is 5.57 Å². The molecule has 0 radical (unpaired) electrons. The van der Waals surface area contributed by atoms with Crippen LogP contribution in [0.1, 0.15) is 11.1 Å². The van der Waals surface area contributed by atoms with Crippen LogP contribution >= 0.6 is 0 Å². The second kappa shape index (κ2) is 3.37. The van der Waals surface area contributed by atoms with Crippen molar-refractivity contribution in [2.45, 2.75) is 0 Å². The average molecular weight is 154 g/mol. The Hall–Kier alpha value is -2.06. The van der Waals surface area contributed by atoms with E-state index in [1.165, 1.54) is 0 Å². The molecule has 0 atom stereocenters. The molecule has 0 N–H and O–H groups in total. The van der Waals surface area contributed by atoms with E-state index in [0.29, 0.717) is 16.7 Å². The first-order valence-corrected chi connectivity index (χ1v) is 3.38. The number of benzene rings is 1. The van der Waals surface area contributed by atoms with Crippen molar-refractivity contribution in [3.63, 3.8) is 0 Å². The average Bonchev–Trinajstić information content (AvgIpc) is 2.16. The maximum absolute atomic E-state index is 8.66. The molecule has 12 heavy (non-hydrogen) atoms. The number of hydrogen-bond acceptors (Lipinski definition) is 2. The highest BCUT2D eigenvalue weighted by atomic mass is 14.3. The third kappa shape index (κ3) is 1.33. The molecule has 0 saturated carbocycles. The first-order chi connectivity index (χ1) is 5.79. The molecule has 0 bridgehead atoms. The molecule has 1 rings (SSSR count). The second-order valence-electron chi connectivity index (χ2n) is 2.25. The third-order valence-corrected chi connectivity index (χ3v) is 1.51. The first-order valence-electron chi connectivity index (χ1n) is 3.38. The van der Waals surface area contributed by atoms with Crippen LogP contribution in [0.4, 0.5) is 0 Å². The van der Waals surface area contributed by atoms with E-state index in [0.717, 1.165) is 0 Å². The summed E-state index contributed by atoms with van der Waals surface area (Å²) in [7, 11) is 0. The molecule has 0 heterocycles. The molecule has 2 heteroatoms. The lowest BCUT2D eigenvalue weighted by molar-refractivity contribution is 1.46. The van der Waals surface area contributed by atoms with E-state index in [1.54, 1.807) is 24.3 Å². The van der Waals surface area contributed by atoms with Gasteiger partial charge in [-0.15, -0.1) is 0 Å². The minimum Gasteiger partial charge on any atom is -0.192 e. The van der Waals surface area contributed by atoms with Gasteiger partial charge in [0.2, 0.25) is 0 Å². The highest BCUT2D eigenvalue weighted by molar-refractivity contribution is 5.78. The number of hydrogen-bond donors (Lipinski definition) is 0. The minimum atomic E-state index is 0.326. The molecule has 0 aliphatic carbocycles. The molecule has 0 fully saturated rings. The maximum atomic E-state index is 8.66. The highest BCUT2D eigenvalue weighted by Crippen LogP contribution is 2.15. The standard InChI is InChI=1S/C10H6N2/c1-8(6-11)10-5-3-2-4-9(10)7-12/h2-5H,1H2. The zero-order valence-corrected chi connectivity index (χ0v) is 6.41. The predicted molar refractivity (Wildman–Crippen MR) is 45.8 cm³/mol. The smallest absolute Gasteiger partial charge is 0.0998 e. The fourth-order valence-electron chi connectivity index (χ4n) is 0.904. The van der Waals surface area contributed by atoms with Gasteiger partial charge in [0.15, 0.2) is 0 Å². The summed E-state index contributed by atoms with van der Waals surface area (Å²) in [6.07, 6.45) is 0. The van der Waals surface area contributed by atoms with Crippen LogP contribution in [0.3, 0.4) is 0 Å². The molecule has 1 aromatic carbocycles. The molecule has 1 aromatic rings. The molecule has 0 aliphatic heterocycles. The number of nitriles is 2. The normalized spacial score (nSPS) is 8.17. The summed E-state index contributed by atoms with van der Waals surface area (Å²) in [6.45, 7) is 3.54. The fraction of sp³-hybridized carbons (Fsp3) is 0. The van der Waals surface area contributed by atoms with Crippen molar-refractivity contribution in [2.24, 2.45) is 0 Å². The van der Waals surface area contributed by atoms with Crippen LogP contribution in [-0.2, 0) is 0 Å². The van der Waals surface area contributed by atoms with Crippen LogP contribution in [0.2, 0.25) is 0 Å². The van der Waals surface area contributed by atoms with Gasteiger partial charge in [0.1, 0.15) is 0 Å². The largest absolute Gasteiger partial charge is 0.192 e. The van der Waals surface area contributed by atoms with Gasteiger partial charge in [-0.3, -0.25) is 0 Å². The van der Waals surface area contributed by atoms with Gasteiger partial charge in [-0.25, -0.2) is 0 Å². The zero-order valence-electron chi connectivity index (χ0n) is 6.41. The molecule has 56 valence electrons. The van der Waals surface area contributed by atoms with Gasteiger partial charge < -0.3 is 0 Å². The monoisotopic (exact) mass is 154 g/mol. The topological polar surface area (TPSA) is 47.6 Å². The lowest BCUT2D eigenvalue weighted by Gasteiger charge is -1.97. The fourth-order valence-corrected chi connectivity index (χ4v) is 0.904. The Kier molecular flexibility index (Phi) is 2.26. The third-order valence-electron chi connectivity index (χ3n) is 1.51. The van der Waals surface area contributed by atoms with Crippen molar-refractivity contribution in [1.29, 1.82) is 10.5 Å². The van der Waals surface area contributed by atoms with E-state index in [1.807, 2.05) is 12.1 Å². The highest BCUT2D eigenvalue weighted by Gasteiger charge is 2.02. The Labute approximate surface area is 71.0 Å². The first kappa shape index (κ1) is 8.04. The molecule has 0 aromatic heterocycles. The minimum absolute atomic E-state index is 0.326. The van der Waals surface area contributed by atoms with Crippen molar-refractivity contribution in [1.82, 2.24) is 0 Å². The number of allylic oxidation sites excluding steroid dienone is 1. The van der Waals surface area contributed by atoms with Gasteiger partial charge in [-0.1, -0.05) is 24.8 Å². The zero-order chi connectivity index (χ0) is 8.97. The van der Waals surface area contributed by atoms with Gasteiger partial charge in [0.25, 0.3) is 0 Å². The molecule has 0 unspecified atom stereocenters. The van der Waals surface area contributed by atoms with E-state index in [9.17, 15) is 0 Å². The Bertz CT molecular complexity index is 391. The van der Waals surface area contributed by atoms with E-state index in [-0.39, 0.29) is 0 Å². The van der Waals surface area contributed by atoms with Crippen LogP contribution in [-0.4, -0.2) is 0 Å².